The third kappa shape index (κ3) is 2.35. The van der Waals surface area contributed by atoms with Gasteiger partial charge in [-0.05, 0) is 24.1 Å². The van der Waals surface area contributed by atoms with Crippen molar-refractivity contribution in [3.05, 3.63) is 35.4 Å². The van der Waals surface area contributed by atoms with Gasteiger partial charge in [0.1, 0.15) is 10.7 Å². The van der Waals surface area contributed by atoms with Crippen molar-refractivity contribution in [2.75, 3.05) is 0 Å². The maximum atomic E-state index is 10.3. The lowest BCUT2D eigenvalue weighted by Gasteiger charge is -1.97. The van der Waals surface area contributed by atoms with Crippen molar-refractivity contribution in [1.82, 2.24) is 0 Å². The zero-order valence-electron chi connectivity index (χ0n) is 6.20. The monoisotopic (exact) mass is 169 g/mol. The highest BCUT2D eigenvalue weighted by molar-refractivity contribution is 7.71. The lowest BCUT2D eigenvalue weighted by atomic mass is 10.1. The van der Waals surface area contributed by atoms with Crippen molar-refractivity contribution in [2.45, 2.75) is 12.7 Å². The van der Waals surface area contributed by atoms with Gasteiger partial charge in [-0.1, -0.05) is 18.2 Å². The van der Waals surface area contributed by atoms with Gasteiger partial charge in [-0.15, -0.1) is 0 Å². The molecular weight excluding hydrogens is 160 g/mol. The van der Waals surface area contributed by atoms with Crippen LogP contribution < -0.4 is 0 Å². The topological polar surface area (TPSA) is 34.1 Å². The first-order valence-corrected chi connectivity index (χ1v) is 4.64. The van der Waals surface area contributed by atoms with Crippen molar-refractivity contribution >= 4 is 10.7 Å². The standard InChI is InChI=1S/C8H9O2S/c1-7-4-2-3-5-8(7)6-11(9)10/h3-5,11H,6H2,1H3. The molecule has 0 atom stereocenters. The molecule has 0 fully saturated rings. The SMILES string of the molecule is Cc1c[c]ccc1C[SH](=O)=O. The summed E-state index contributed by atoms with van der Waals surface area (Å²) in [7, 11) is -2.31. The van der Waals surface area contributed by atoms with Gasteiger partial charge < -0.3 is 0 Å². The Morgan fingerprint density at radius 1 is 1.55 bits per heavy atom. The third-order valence-corrected chi connectivity index (χ3v) is 2.09. The molecule has 0 saturated heterocycles. The molecule has 1 aromatic rings. The summed E-state index contributed by atoms with van der Waals surface area (Å²) < 4.78 is 20.7. The second kappa shape index (κ2) is 3.53. The molecule has 0 aromatic heterocycles. The maximum absolute atomic E-state index is 10.3. The minimum atomic E-state index is -2.31. The summed E-state index contributed by atoms with van der Waals surface area (Å²) in [5.41, 5.74) is 1.84. The van der Waals surface area contributed by atoms with E-state index in [9.17, 15) is 8.42 Å². The Morgan fingerprint density at radius 2 is 2.27 bits per heavy atom. The fourth-order valence-corrected chi connectivity index (χ4v) is 1.50. The van der Waals surface area contributed by atoms with Crippen molar-refractivity contribution in [2.24, 2.45) is 0 Å². The summed E-state index contributed by atoms with van der Waals surface area (Å²) in [6, 6.07) is 8.16. The quantitative estimate of drug-likeness (QED) is 0.668. The van der Waals surface area contributed by atoms with Crippen LogP contribution in [0.5, 0.6) is 0 Å². The van der Waals surface area contributed by atoms with Crippen LogP contribution in [0.15, 0.2) is 18.2 Å². The van der Waals surface area contributed by atoms with Crippen LogP contribution in [0, 0.1) is 13.0 Å². The molecule has 0 saturated carbocycles. The molecule has 11 heavy (non-hydrogen) atoms. The van der Waals surface area contributed by atoms with Crippen LogP contribution in [-0.2, 0) is 16.5 Å². The molecule has 3 heteroatoms. The van der Waals surface area contributed by atoms with Crippen LogP contribution in [0.4, 0.5) is 0 Å². The van der Waals surface area contributed by atoms with Gasteiger partial charge in [0, 0.05) is 0 Å². The second-order valence-electron chi connectivity index (χ2n) is 2.34. The average molecular weight is 169 g/mol. The molecule has 0 bridgehead atoms. The molecule has 0 aliphatic carbocycles. The Morgan fingerprint density at radius 3 is 2.82 bits per heavy atom. The normalized spacial score (nSPS) is 10.4. The molecule has 2 nitrogen and oxygen atoms in total. The van der Waals surface area contributed by atoms with Crippen LogP contribution in [-0.4, -0.2) is 8.42 Å². The van der Waals surface area contributed by atoms with E-state index >= 15 is 0 Å². The first kappa shape index (κ1) is 8.27. The Balaban J connectivity index is 2.94. The largest absolute Gasteiger partial charge is 0.232 e. The van der Waals surface area contributed by atoms with E-state index < -0.39 is 10.7 Å². The highest BCUT2D eigenvalue weighted by atomic mass is 32.2. The second-order valence-corrected chi connectivity index (χ2v) is 3.33. The minimum absolute atomic E-state index is 0.135. The first-order chi connectivity index (χ1) is 5.20. The molecular formula is C8H9O2S. The average Bonchev–Trinajstić information content (AvgIpc) is 1.93. The van der Waals surface area contributed by atoms with E-state index in [-0.39, 0.29) is 5.75 Å². The molecule has 0 amide bonds. The number of aryl methyl sites for hydroxylation is 1. The van der Waals surface area contributed by atoms with Crippen LogP contribution in [0.25, 0.3) is 0 Å². The van der Waals surface area contributed by atoms with Gasteiger partial charge in [0.05, 0.1) is 5.75 Å². The molecule has 1 rings (SSSR count). The summed E-state index contributed by atoms with van der Waals surface area (Å²) in [6.07, 6.45) is 0. The summed E-state index contributed by atoms with van der Waals surface area (Å²) in [5.74, 6) is 0.135. The smallest absolute Gasteiger partial charge is 0.144 e. The van der Waals surface area contributed by atoms with Crippen LogP contribution in [0.2, 0.25) is 0 Å². The van der Waals surface area contributed by atoms with E-state index in [1.165, 1.54) is 0 Å². The zero-order valence-corrected chi connectivity index (χ0v) is 7.10. The number of rotatable bonds is 2. The van der Waals surface area contributed by atoms with Crippen molar-refractivity contribution < 1.29 is 8.42 Å². The highest BCUT2D eigenvalue weighted by Gasteiger charge is 1.96. The number of thiol groups is 1. The van der Waals surface area contributed by atoms with E-state index in [2.05, 4.69) is 6.07 Å². The lowest BCUT2D eigenvalue weighted by molar-refractivity contribution is 0.614. The van der Waals surface area contributed by atoms with E-state index in [0.29, 0.717) is 0 Å². The lowest BCUT2D eigenvalue weighted by Crippen LogP contribution is -1.89. The fourth-order valence-electron chi connectivity index (χ4n) is 0.862. The van der Waals surface area contributed by atoms with Crippen LogP contribution in [0.3, 0.4) is 0 Å². The molecule has 0 N–H and O–H groups in total. The summed E-state index contributed by atoms with van der Waals surface area (Å²) in [5, 5.41) is 0. The predicted molar refractivity (Wildman–Crippen MR) is 44.0 cm³/mol. The highest BCUT2D eigenvalue weighted by Crippen LogP contribution is 2.06. The molecule has 0 aliphatic heterocycles. The van der Waals surface area contributed by atoms with Crippen molar-refractivity contribution in [3.63, 3.8) is 0 Å². The fraction of sp³-hybridized carbons (Fsp3) is 0.250. The molecule has 0 aliphatic rings. The summed E-state index contributed by atoms with van der Waals surface area (Å²) >= 11 is 0. The van der Waals surface area contributed by atoms with E-state index in [0.717, 1.165) is 11.1 Å². The Kier molecular flexibility index (Phi) is 2.65. The van der Waals surface area contributed by atoms with Crippen molar-refractivity contribution in [1.29, 1.82) is 0 Å². The molecule has 0 unspecified atom stereocenters. The van der Waals surface area contributed by atoms with E-state index in [4.69, 9.17) is 0 Å². The number of benzene rings is 1. The minimum Gasteiger partial charge on any atom is -0.232 e. The molecule has 0 spiro atoms. The van der Waals surface area contributed by atoms with E-state index in [1.807, 2.05) is 6.92 Å². The van der Waals surface area contributed by atoms with Crippen LogP contribution in [0.1, 0.15) is 11.1 Å². The number of hydrogen-bond acceptors (Lipinski definition) is 2. The third-order valence-electron chi connectivity index (χ3n) is 1.49. The Labute approximate surface area is 67.8 Å². The van der Waals surface area contributed by atoms with Gasteiger partial charge in [0.15, 0.2) is 0 Å². The first-order valence-electron chi connectivity index (χ1n) is 3.27. The van der Waals surface area contributed by atoms with Gasteiger partial charge in [0.25, 0.3) is 0 Å². The Hall–Kier alpha value is -0.830. The van der Waals surface area contributed by atoms with Gasteiger partial charge in [-0.3, -0.25) is 0 Å². The van der Waals surface area contributed by atoms with Crippen LogP contribution >= 0.6 is 0 Å². The zero-order chi connectivity index (χ0) is 8.27. The summed E-state index contributed by atoms with van der Waals surface area (Å²) in [6.45, 7) is 1.88. The van der Waals surface area contributed by atoms with Crippen molar-refractivity contribution in [3.8, 4) is 0 Å². The van der Waals surface area contributed by atoms with Gasteiger partial charge in [-0.2, -0.15) is 0 Å². The predicted octanol–water partition coefficient (Wildman–Crippen LogP) is 0.907. The van der Waals surface area contributed by atoms with Gasteiger partial charge in [0.2, 0.25) is 0 Å². The summed E-state index contributed by atoms with van der Waals surface area (Å²) in [4.78, 5) is 0. The molecule has 0 heterocycles. The molecule has 1 aromatic carbocycles. The molecule has 1 radical (unpaired) electrons. The van der Waals surface area contributed by atoms with Gasteiger partial charge >= 0.3 is 0 Å². The number of hydrogen-bond donors (Lipinski definition) is 1. The molecule has 59 valence electrons. The van der Waals surface area contributed by atoms with E-state index in [1.54, 1.807) is 18.2 Å². The van der Waals surface area contributed by atoms with Gasteiger partial charge in [-0.25, -0.2) is 8.42 Å². The Bertz CT molecular complexity index is 308. The maximum Gasteiger partial charge on any atom is 0.144 e.